The molecule has 0 amide bonds. The van der Waals surface area contributed by atoms with Gasteiger partial charge in [-0.3, -0.25) is 0 Å². The predicted molar refractivity (Wildman–Crippen MR) is 78.6 cm³/mol. The van der Waals surface area contributed by atoms with Crippen molar-refractivity contribution < 1.29 is 14.0 Å². The van der Waals surface area contributed by atoms with Gasteiger partial charge in [0.05, 0.1) is 13.7 Å². The Hall–Kier alpha value is -0.750. The van der Waals surface area contributed by atoms with Crippen LogP contribution in [-0.2, 0) is 16.1 Å². The summed E-state index contributed by atoms with van der Waals surface area (Å²) < 4.78 is 25.3. The fourth-order valence-electron chi connectivity index (χ4n) is 1.51. The predicted octanol–water partition coefficient (Wildman–Crippen LogP) is 2.43. The van der Waals surface area contributed by atoms with Gasteiger partial charge >= 0.3 is 0 Å². The fourth-order valence-corrected chi connectivity index (χ4v) is 2.32. The topological polar surface area (TPSA) is 53.5 Å². The van der Waals surface area contributed by atoms with Crippen LogP contribution in [0.25, 0.3) is 0 Å². The molecule has 1 unspecified atom stereocenters. The van der Waals surface area contributed by atoms with Crippen molar-refractivity contribution in [3.05, 3.63) is 29.8 Å². The van der Waals surface area contributed by atoms with E-state index in [0.29, 0.717) is 6.61 Å². The second-order valence-corrected chi connectivity index (χ2v) is 7.28. The highest BCUT2D eigenvalue weighted by Crippen LogP contribution is 2.22. The van der Waals surface area contributed by atoms with Gasteiger partial charge in [0, 0.05) is 18.5 Å². The maximum Gasteiger partial charge on any atom is 0.136 e. The minimum atomic E-state index is -1.14. The Morgan fingerprint density at radius 2 is 1.79 bits per heavy atom. The molecule has 1 aromatic rings. The van der Waals surface area contributed by atoms with Gasteiger partial charge in [0.25, 0.3) is 0 Å². The van der Waals surface area contributed by atoms with Crippen LogP contribution in [-0.4, -0.2) is 30.1 Å². The number of nitrogens with one attached hydrogen (secondary N) is 1. The van der Waals surface area contributed by atoms with Crippen molar-refractivity contribution in [1.82, 2.24) is 4.72 Å². The molecular formula is C14H23NO3S. The summed E-state index contributed by atoms with van der Waals surface area (Å²) in [6, 6.07) is 7.58. The van der Waals surface area contributed by atoms with E-state index in [1.54, 1.807) is 14.2 Å². The van der Waals surface area contributed by atoms with Crippen LogP contribution in [0, 0.1) is 0 Å². The van der Waals surface area contributed by atoms with Crippen LogP contribution in [0.4, 0.5) is 0 Å². The SMILES string of the molecule is COC[C@H](N[S+]([O-])C(C)(C)C)c1ccc(OC)cc1. The average molecular weight is 285 g/mol. The first-order valence-electron chi connectivity index (χ1n) is 6.19. The molecule has 0 heterocycles. The fraction of sp³-hybridized carbons (Fsp3) is 0.571. The quantitative estimate of drug-likeness (QED) is 0.816. The molecule has 0 saturated heterocycles. The van der Waals surface area contributed by atoms with E-state index in [-0.39, 0.29) is 10.8 Å². The Morgan fingerprint density at radius 1 is 1.21 bits per heavy atom. The van der Waals surface area contributed by atoms with E-state index in [4.69, 9.17) is 9.47 Å². The summed E-state index contributed by atoms with van der Waals surface area (Å²) in [6.45, 7) is 6.28. The van der Waals surface area contributed by atoms with Gasteiger partial charge in [-0.25, -0.2) is 0 Å². The van der Waals surface area contributed by atoms with Gasteiger partial charge in [-0.1, -0.05) is 12.1 Å². The van der Waals surface area contributed by atoms with E-state index >= 15 is 0 Å². The lowest BCUT2D eigenvalue weighted by Gasteiger charge is -2.27. The zero-order valence-electron chi connectivity index (χ0n) is 12.2. The number of hydrogen-bond donors (Lipinski definition) is 1. The lowest BCUT2D eigenvalue weighted by molar-refractivity contribution is 0.175. The van der Waals surface area contributed by atoms with Crippen LogP contribution in [0.3, 0.4) is 0 Å². The first-order valence-corrected chi connectivity index (χ1v) is 7.34. The van der Waals surface area contributed by atoms with Crippen LogP contribution < -0.4 is 9.46 Å². The van der Waals surface area contributed by atoms with Crippen LogP contribution >= 0.6 is 0 Å². The largest absolute Gasteiger partial charge is 0.598 e. The van der Waals surface area contributed by atoms with Crippen LogP contribution in [0.2, 0.25) is 0 Å². The minimum Gasteiger partial charge on any atom is -0.598 e. The Kier molecular flexibility index (Phi) is 6.13. The number of rotatable bonds is 6. The molecule has 0 aliphatic carbocycles. The highest BCUT2D eigenvalue weighted by molar-refractivity contribution is 7.90. The van der Waals surface area contributed by atoms with Gasteiger partial charge in [0.15, 0.2) is 0 Å². The molecule has 108 valence electrons. The second-order valence-electron chi connectivity index (χ2n) is 5.28. The van der Waals surface area contributed by atoms with Crippen molar-refractivity contribution in [3.8, 4) is 5.75 Å². The number of ether oxygens (including phenoxy) is 2. The molecule has 4 nitrogen and oxygen atoms in total. The monoisotopic (exact) mass is 285 g/mol. The number of methoxy groups -OCH3 is 2. The summed E-state index contributed by atoms with van der Waals surface area (Å²) in [7, 11) is 3.27. The molecule has 1 rings (SSSR count). The maximum atomic E-state index is 12.2. The Bertz CT molecular complexity index is 375. The van der Waals surface area contributed by atoms with Crippen molar-refractivity contribution in [2.45, 2.75) is 31.6 Å². The van der Waals surface area contributed by atoms with E-state index in [1.165, 1.54) is 0 Å². The van der Waals surface area contributed by atoms with Crippen molar-refractivity contribution in [3.63, 3.8) is 0 Å². The maximum absolute atomic E-state index is 12.2. The summed E-state index contributed by atoms with van der Waals surface area (Å²) >= 11 is -1.14. The van der Waals surface area contributed by atoms with Crippen LogP contribution in [0.5, 0.6) is 5.75 Å². The molecule has 0 spiro atoms. The van der Waals surface area contributed by atoms with Crippen molar-refractivity contribution in [2.75, 3.05) is 20.8 Å². The summed E-state index contributed by atoms with van der Waals surface area (Å²) in [6.07, 6.45) is 0. The van der Waals surface area contributed by atoms with Gasteiger partial charge in [-0.05, 0) is 38.5 Å². The molecular weight excluding hydrogens is 262 g/mol. The van der Waals surface area contributed by atoms with Crippen LogP contribution in [0.1, 0.15) is 32.4 Å². The van der Waals surface area contributed by atoms with Gasteiger partial charge in [-0.15, -0.1) is 4.72 Å². The molecule has 1 aromatic carbocycles. The molecule has 2 atom stereocenters. The molecule has 0 aliphatic rings. The van der Waals surface area contributed by atoms with E-state index in [0.717, 1.165) is 11.3 Å². The Balaban J connectivity index is 2.81. The van der Waals surface area contributed by atoms with E-state index in [9.17, 15) is 4.55 Å². The number of hydrogen-bond acceptors (Lipinski definition) is 4. The highest BCUT2D eigenvalue weighted by atomic mass is 32.2. The molecule has 19 heavy (non-hydrogen) atoms. The molecule has 0 bridgehead atoms. The van der Waals surface area contributed by atoms with Gasteiger partial charge in [0.2, 0.25) is 0 Å². The summed E-state index contributed by atoms with van der Waals surface area (Å²) in [5, 5.41) is 0. The van der Waals surface area contributed by atoms with Crippen molar-refractivity contribution >= 4 is 11.4 Å². The molecule has 1 N–H and O–H groups in total. The van der Waals surface area contributed by atoms with Crippen molar-refractivity contribution in [1.29, 1.82) is 0 Å². The summed E-state index contributed by atoms with van der Waals surface area (Å²) in [5.41, 5.74) is 1.03. The molecule has 0 fully saturated rings. The third-order valence-corrected chi connectivity index (χ3v) is 4.27. The summed E-state index contributed by atoms with van der Waals surface area (Å²) in [4.78, 5) is 0. The Labute approximate surface area is 118 Å². The van der Waals surface area contributed by atoms with Gasteiger partial charge < -0.3 is 14.0 Å². The van der Waals surface area contributed by atoms with Gasteiger partial charge in [-0.2, -0.15) is 0 Å². The third kappa shape index (κ3) is 5.03. The first-order chi connectivity index (χ1) is 8.88. The molecule has 0 saturated carbocycles. The highest BCUT2D eigenvalue weighted by Gasteiger charge is 2.29. The normalized spacial score (nSPS) is 15.1. The second kappa shape index (κ2) is 7.14. The first kappa shape index (κ1) is 16.3. The third-order valence-electron chi connectivity index (χ3n) is 2.66. The lowest BCUT2D eigenvalue weighted by atomic mass is 10.1. The van der Waals surface area contributed by atoms with Gasteiger partial charge in [0.1, 0.15) is 16.5 Å². The smallest absolute Gasteiger partial charge is 0.136 e. The molecule has 0 radical (unpaired) electrons. The van der Waals surface area contributed by atoms with Crippen LogP contribution in [0.15, 0.2) is 24.3 Å². The van der Waals surface area contributed by atoms with E-state index < -0.39 is 11.4 Å². The average Bonchev–Trinajstić information content (AvgIpc) is 2.37. The van der Waals surface area contributed by atoms with Crippen molar-refractivity contribution in [2.24, 2.45) is 0 Å². The lowest BCUT2D eigenvalue weighted by Crippen LogP contribution is -2.42. The minimum absolute atomic E-state index is 0.101. The Morgan fingerprint density at radius 3 is 2.21 bits per heavy atom. The number of benzene rings is 1. The molecule has 0 aliphatic heterocycles. The summed E-state index contributed by atoms with van der Waals surface area (Å²) in [5.74, 6) is 0.803. The molecule has 5 heteroatoms. The van der Waals surface area contributed by atoms with E-state index in [1.807, 2.05) is 45.0 Å². The van der Waals surface area contributed by atoms with E-state index in [2.05, 4.69) is 4.72 Å². The standard InChI is InChI=1S/C14H23NO3S/c1-14(2,3)19(16)15-13(10-17-4)11-6-8-12(18-5)9-7-11/h6-9,13,15H,10H2,1-5H3/t13-,19?/m0/s1. The zero-order valence-corrected chi connectivity index (χ0v) is 13.0. The zero-order chi connectivity index (χ0) is 14.5. The molecule has 0 aromatic heterocycles.